The first-order valence-corrected chi connectivity index (χ1v) is 8.27. The lowest BCUT2D eigenvalue weighted by Crippen LogP contribution is -2.48. The third-order valence-electron chi connectivity index (χ3n) is 3.19. The fourth-order valence-electron chi connectivity index (χ4n) is 2.09. The number of halogens is 1. The molecule has 1 fully saturated rings. The van der Waals surface area contributed by atoms with Crippen molar-refractivity contribution in [3.05, 3.63) is 24.1 Å². The molecule has 0 spiro atoms. The predicted octanol–water partition coefficient (Wildman–Crippen LogP) is 0.387. The smallest absolute Gasteiger partial charge is 0.165 e. The van der Waals surface area contributed by atoms with Gasteiger partial charge in [-0.3, -0.25) is 4.90 Å². The van der Waals surface area contributed by atoms with Crippen molar-refractivity contribution in [1.82, 2.24) is 9.88 Å². The van der Waals surface area contributed by atoms with Crippen molar-refractivity contribution in [2.24, 2.45) is 0 Å². The van der Waals surface area contributed by atoms with Crippen molar-refractivity contribution in [1.29, 1.82) is 0 Å². The molecule has 2 rings (SSSR count). The monoisotopic (exact) mass is 287 g/mol. The molecule has 1 aliphatic heterocycles. The lowest BCUT2D eigenvalue weighted by Gasteiger charge is -2.35. The van der Waals surface area contributed by atoms with Crippen LogP contribution in [0, 0.1) is 5.82 Å². The van der Waals surface area contributed by atoms with Gasteiger partial charge in [-0.25, -0.2) is 17.8 Å². The summed E-state index contributed by atoms with van der Waals surface area (Å²) in [6, 6.07) is 2.97. The van der Waals surface area contributed by atoms with E-state index in [1.807, 2.05) is 4.90 Å². The molecule has 0 aliphatic carbocycles. The van der Waals surface area contributed by atoms with Crippen LogP contribution >= 0.6 is 0 Å². The van der Waals surface area contributed by atoms with Crippen LogP contribution in [0.15, 0.2) is 18.3 Å². The van der Waals surface area contributed by atoms with E-state index in [9.17, 15) is 12.8 Å². The summed E-state index contributed by atoms with van der Waals surface area (Å²) < 4.78 is 35.8. The van der Waals surface area contributed by atoms with Gasteiger partial charge >= 0.3 is 0 Å². The topological polar surface area (TPSA) is 53.5 Å². The average Bonchev–Trinajstić information content (AvgIpc) is 2.37. The molecule has 1 aromatic heterocycles. The van der Waals surface area contributed by atoms with Crippen LogP contribution < -0.4 is 4.90 Å². The number of hydrogen-bond donors (Lipinski definition) is 0. The molecule has 0 bridgehead atoms. The Hall–Kier alpha value is -1.21. The van der Waals surface area contributed by atoms with E-state index in [1.54, 1.807) is 12.3 Å². The second-order valence-corrected chi connectivity index (χ2v) is 7.03. The first kappa shape index (κ1) is 14.2. The molecule has 0 unspecified atom stereocenters. The zero-order chi connectivity index (χ0) is 13.9. The molecular formula is C12H18FN3O2S. The molecule has 1 aliphatic rings. The van der Waals surface area contributed by atoms with E-state index in [4.69, 9.17) is 0 Å². The summed E-state index contributed by atoms with van der Waals surface area (Å²) in [5.74, 6) is 0.239. The Bertz CT molecular complexity index is 528. The Morgan fingerprint density at radius 2 is 2.00 bits per heavy atom. The summed E-state index contributed by atoms with van der Waals surface area (Å²) in [5, 5.41) is 0. The maximum Gasteiger partial charge on any atom is 0.165 e. The van der Waals surface area contributed by atoms with Gasteiger partial charge in [0.25, 0.3) is 0 Å². The highest BCUT2D eigenvalue weighted by Gasteiger charge is 2.20. The van der Waals surface area contributed by atoms with Gasteiger partial charge in [0.2, 0.25) is 0 Å². The summed E-state index contributed by atoms with van der Waals surface area (Å²) in [6.45, 7) is 3.32. The highest BCUT2D eigenvalue weighted by molar-refractivity contribution is 7.90. The van der Waals surface area contributed by atoms with Gasteiger partial charge in [0.1, 0.15) is 9.84 Å². The average molecular weight is 287 g/mol. The summed E-state index contributed by atoms with van der Waals surface area (Å²) >= 11 is 0. The van der Waals surface area contributed by atoms with Gasteiger partial charge < -0.3 is 4.90 Å². The van der Waals surface area contributed by atoms with Gasteiger partial charge in [-0.2, -0.15) is 0 Å². The third-order valence-corrected chi connectivity index (χ3v) is 4.11. The Morgan fingerprint density at radius 3 is 2.58 bits per heavy atom. The lowest BCUT2D eigenvalue weighted by molar-refractivity contribution is 0.270. The number of rotatable bonds is 4. The molecule has 5 nitrogen and oxygen atoms in total. The van der Waals surface area contributed by atoms with Crippen molar-refractivity contribution in [3.63, 3.8) is 0 Å². The fourth-order valence-corrected chi connectivity index (χ4v) is 2.68. The summed E-state index contributed by atoms with van der Waals surface area (Å²) in [6.07, 6.45) is 2.82. The lowest BCUT2D eigenvalue weighted by atomic mass is 10.3. The Balaban J connectivity index is 1.88. The second kappa shape index (κ2) is 5.83. The highest BCUT2D eigenvalue weighted by Crippen LogP contribution is 2.16. The minimum absolute atomic E-state index is 0.172. The van der Waals surface area contributed by atoms with Crippen LogP contribution in [0.25, 0.3) is 0 Å². The van der Waals surface area contributed by atoms with Crippen molar-refractivity contribution >= 4 is 15.7 Å². The number of sulfone groups is 1. The fraction of sp³-hybridized carbons (Fsp3) is 0.583. The van der Waals surface area contributed by atoms with Gasteiger partial charge in [0, 0.05) is 45.2 Å². The summed E-state index contributed by atoms with van der Waals surface area (Å²) in [7, 11) is -2.92. The van der Waals surface area contributed by atoms with Crippen LogP contribution in [0.5, 0.6) is 0 Å². The number of pyridine rings is 1. The maximum atomic E-state index is 13.6. The van der Waals surface area contributed by atoms with E-state index >= 15 is 0 Å². The minimum Gasteiger partial charge on any atom is -0.352 e. The molecule has 0 aromatic carbocycles. The van der Waals surface area contributed by atoms with Crippen LogP contribution in [0.3, 0.4) is 0 Å². The number of hydrogen-bond acceptors (Lipinski definition) is 5. The maximum absolute atomic E-state index is 13.6. The van der Waals surface area contributed by atoms with Crippen molar-refractivity contribution in [2.45, 2.75) is 0 Å². The Labute approximate surface area is 113 Å². The normalized spacial score (nSPS) is 17.7. The zero-order valence-corrected chi connectivity index (χ0v) is 11.7. The first-order valence-electron chi connectivity index (χ1n) is 6.21. The quantitative estimate of drug-likeness (QED) is 0.802. The van der Waals surface area contributed by atoms with Gasteiger partial charge in [-0.1, -0.05) is 0 Å². The molecule has 7 heteroatoms. The van der Waals surface area contributed by atoms with Crippen LogP contribution in [0.4, 0.5) is 10.2 Å². The first-order chi connectivity index (χ1) is 8.96. The van der Waals surface area contributed by atoms with E-state index in [-0.39, 0.29) is 11.6 Å². The SMILES string of the molecule is CS(=O)(=O)CCN1CCN(c2ncccc2F)CC1. The molecule has 19 heavy (non-hydrogen) atoms. The predicted molar refractivity (Wildman–Crippen MR) is 72.6 cm³/mol. The van der Waals surface area contributed by atoms with Crippen LogP contribution in [-0.2, 0) is 9.84 Å². The number of piperazine rings is 1. The molecular weight excluding hydrogens is 269 g/mol. The third kappa shape index (κ3) is 4.14. The number of nitrogens with zero attached hydrogens (tertiary/aromatic N) is 3. The molecule has 1 aromatic rings. The molecule has 0 atom stereocenters. The van der Waals surface area contributed by atoms with Crippen molar-refractivity contribution in [3.8, 4) is 0 Å². The number of aromatic nitrogens is 1. The Kier molecular flexibility index (Phi) is 4.36. The largest absolute Gasteiger partial charge is 0.352 e. The molecule has 0 N–H and O–H groups in total. The number of anilines is 1. The van der Waals surface area contributed by atoms with Gasteiger partial charge in [-0.05, 0) is 12.1 Å². The molecule has 106 valence electrons. The summed E-state index contributed by atoms with van der Waals surface area (Å²) in [5.41, 5.74) is 0. The molecule has 0 radical (unpaired) electrons. The van der Waals surface area contributed by atoms with E-state index in [2.05, 4.69) is 9.88 Å². The zero-order valence-electron chi connectivity index (χ0n) is 10.9. The molecule has 0 saturated carbocycles. The van der Waals surface area contributed by atoms with E-state index < -0.39 is 9.84 Å². The summed E-state index contributed by atoms with van der Waals surface area (Å²) in [4.78, 5) is 8.03. The van der Waals surface area contributed by atoms with E-state index in [1.165, 1.54) is 12.3 Å². The highest BCUT2D eigenvalue weighted by atomic mass is 32.2. The molecule has 0 amide bonds. The van der Waals surface area contributed by atoms with Crippen LogP contribution in [0.1, 0.15) is 0 Å². The standard InChI is InChI=1S/C12H18FN3O2S/c1-19(17,18)10-9-15-5-7-16(8-6-15)12-11(13)3-2-4-14-12/h2-4H,5-10H2,1H3. The van der Waals surface area contributed by atoms with E-state index in [0.717, 1.165) is 13.1 Å². The van der Waals surface area contributed by atoms with E-state index in [0.29, 0.717) is 25.5 Å². The van der Waals surface area contributed by atoms with Crippen molar-refractivity contribution in [2.75, 3.05) is 49.6 Å². The van der Waals surface area contributed by atoms with Crippen LogP contribution in [0.2, 0.25) is 0 Å². The minimum atomic E-state index is -2.92. The van der Waals surface area contributed by atoms with Gasteiger partial charge in [0.15, 0.2) is 11.6 Å². The van der Waals surface area contributed by atoms with Gasteiger partial charge in [-0.15, -0.1) is 0 Å². The second-order valence-electron chi connectivity index (χ2n) is 4.77. The molecule has 2 heterocycles. The van der Waals surface area contributed by atoms with Crippen LogP contribution in [-0.4, -0.2) is 63.0 Å². The Morgan fingerprint density at radius 1 is 1.32 bits per heavy atom. The van der Waals surface area contributed by atoms with Gasteiger partial charge in [0.05, 0.1) is 5.75 Å². The van der Waals surface area contributed by atoms with Crippen molar-refractivity contribution < 1.29 is 12.8 Å². The molecule has 1 saturated heterocycles.